The van der Waals surface area contributed by atoms with Crippen molar-refractivity contribution in [3.8, 4) is 0 Å². The highest BCUT2D eigenvalue weighted by molar-refractivity contribution is 5.86. The largest absolute Gasteiger partial charge is 0.487 e. The summed E-state index contributed by atoms with van der Waals surface area (Å²) < 4.78 is 42.6. The molecule has 0 N–H and O–H groups in total. The number of esters is 2. The van der Waals surface area contributed by atoms with Gasteiger partial charge in [0, 0.05) is 0 Å². The fourth-order valence-electron chi connectivity index (χ4n) is 1.24. The highest BCUT2D eigenvalue weighted by Gasteiger charge is 2.57. The summed E-state index contributed by atoms with van der Waals surface area (Å²) in [6, 6.07) is 0. The van der Waals surface area contributed by atoms with E-state index >= 15 is 0 Å². The third-order valence-corrected chi connectivity index (χ3v) is 1.84. The summed E-state index contributed by atoms with van der Waals surface area (Å²) in [6.45, 7) is 2.93. The maximum Gasteiger partial charge on any atom is 0.487 e. The van der Waals surface area contributed by atoms with Gasteiger partial charge >= 0.3 is 18.2 Å². The van der Waals surface area contributed by atoms with E-state index in [1.807, 2.05) is 0 Å². The molecular weight excluding hydrogens is 242 g/mol. The zero-order valence-corrected chi connectivity index (χ0v) is 9.27. The van der Waals surface area contributed by atoms with Crippen LogP contribution in [0.1, 0.15) is 13.8 Å². The van der Waals surface area contributed by atoms with E-state index in [4.69, 9.17) is 0 Å². The van der Waals surface area contributed by atoms with Crippen molar-refractivity contribution in [3.63, 3.8) is 0 Å². The van der Waals surface area contributed by atoms with Crippen LogP contribution in [0.15, 0.2) is 0 Å². The normalized spacial score (nSPS) is 26.6. The molecule has 1 aliphatic heterocycles. The van der Waals surface area contributed by atoms with Crippen molar-refractivity contribution in [2.24, 2.45) is 0 Å². The van der Waals surface area contributed by atoms with Crippen molar-refractivity contribution in [2.75, 3.05) is 13.2 Å². The fourth-order valence-corrected chi connectivity index (χ4v) is 1.24. The van der Waals surface area contributed by atoms with E-state index in [0.717, 1.165) is 0 Å². The van der Waals surface area contributed by atoms with Crippen LogP contribution >= 0.6 is 0 Å². The first-order valence-corrected chi connectivity index (χ1v) is 4.98. The van der Waals surface area contributed by atoms with Gasteiger partial charge in [-0.2, -0.15) is 0 Å². The highest BCUT2D eigenvalue weighted by atomic mass is 19.3. The van der Waals surface area contributed by atoms with Gasteiger partial charge in [0.05, 0.1) is 13.2 Å². The molecule has 1 saturated heterocycles. The van der Waals surface area contributed by atoms with Gasteiger partial charge in [-0.1, -0.05) is 0 Å². The van der Waals surface area contributed by atoms with Crippen molar-refractivity contribution in [3.05, 3.63) is 0 Å². The zero-order valence-electron chi connectivity index (χ0n) is 9.27. The second-order valence-corrected chi connectivity index (χ2v) is 3.04. The summed E-state index contributed by atoms with van der Waals surface area (Å²) in [4.78, 5) is 22.6. The van der Waals surface area contributed by atoms with Crippen molar-refractivity contribution < 1.29 is 37.3 Å². The molecule has 0 saturated carbocycles. The number of alkyl halides is 2. The number of carbonyl (C=O) groups excluding carboxylic acids is 2. The minimum atomic E-state index is -4.01. The van der Waals surface area contributed by atoms with Gasteiger partial charge in [-0.25, -0.2) is 9.59 Å². The number of rotatable bonds is 4. The SMILES string of the molecule is CCOC(=O)C1OC(F)(F)OC1C(=O)OCC. The number of halogens is 2. The summed E-state index contributed by atoms with van der Waals surface area (Å²) in [5.74, 6) is -2.19. The lowest BCUT2D eigenvalue weighted by Gasteiger charge is -2.12. The summed E-state index contributed by atoms with van der Waals surface area (Å²) in [6.07, 6.45) is -7.64. The molecule has 0 aromatic carbocycles. The van der Waals surface area contributed by atoms with Gasteiger partial charge in [-0.3, -0.25) is 9.47 Å². The molecule has 1 rings (SSSR count). The molecule has 0 radical (unpaired) electrons. The highest BCUT2D eigenvalue weighted by Crippen LogP contribution is 2.32. The monoisotopic (exact) mass is 254 g/mol. The Bertz CT molecular complexity index is 278. The van der Waals surface area contributed by atoms with Gasteiger partial charge in [0.15, 0.2) is 0 Å². The smallest absolute Gasteiger partial charge is 0.464 e. The van der Waals surface area contributed by atoms with E-state index in [1.54, 1.807) is 0 Å². The van der Waals surface area contributed by atoms with Gasteiger partial charge in [0.1, 0.15) is 0 Å². The van der Waals surface area contributed by atoms with Crippen LogP contribution < -0.4 is 0 Å². The minimum Gasteiger partial charge on any atom is -0.464 e. The van der Waals surface area contributed by atoms with Crippen LogP contribution in [0.2, 0.25) is 0 Å². The maximum absolute atomic E-state index is 12.8. The number of hydrogen-bond donors (Lipinski definition) is 0. The van der Waals surface area contributed by atoms with Gasteiger partial charge in [-0.05, 0) is 13.8 Å². The Kier molecular flexibility index (Phi) is 4.35. The van der Waals surface area contributed by atoms with Crippen LogP contribution in [-0.4, -0.2) is 43.7 Å². The van der Waals surface area contributed by atoms with E-state index in [1.165, 1.54) is 13.8 Å². The molecule has 0 amide bonds. The zero-order chi connectivity index (χ0) is 13.1. The predicted octanol–water partition coefficient (Wildman–Crippen LogP) is 0.447. The molecule has 0 aromatic heterocycles. The van der Waals surface area contributed by atoms with Crippen molar-refractivity contribution in [1.29, 1.82) is 0 Å². The maximum atomic E-state index is 12.8. The summed E-state index contributed by atoms with van der Waals surface area (Å²) in [5.41, 5.74) is 0. The summed E-state index contributed by atoms with van der Waals surface area (Å²) >= 11 is 0. The predicted molar refractivity (Wildman–Crippen MR) is 48.0 cm³/mol. The van der Waals surface area contributed by atoms with Gasteiger partial charge in [0.25, 0.3) is 0 Å². The van der Waals surface area contributed by atoms with Crippen LogP contribution in [0, 0.1) is 0 Å². The first-order chi connectivity index (χ1) is 7.91. The summed E-state index contributed by atoms with van der Waals surface area (Å²) in [5, 5.41) is 0. The number of carbonyl (C=O) groups is 2. The minimum absolute atomic E-state index is 0.0280. The average molecular weight is 254 g/mol. The molecule has 2 unspecified atom stereocenters. The number of hydrogen-bond acceptors (Lipinski definition) is 6. The molecule has 0 spiro atoms. The Morgan fingerprint density at radius 1 is 1.06 bits per heavy atom. The first-order valence-electron chi connectivity index (χ1n) is 4.98. The van der Waals surface area contributed by atoms with Crippen LogP contribution in [-0.2, 0) is 28.5 Å². The Morgan fingerprint density at radius 3 is 1.71 bits per heavy atom. The lowest BCUT2D eigenvalue weighted by atomic mass is 10.2. The third kappa shape index (κ3) is 3.34. The first kappa shape index (κ1) is 13.8. The fraction of sp³-hybridized carbons (Fsp3) is 0.778. The molecule has 17 heavy (non-hydrogen) atoms. The molecule has 1 aliphatic rings. The standard InChI is InChI=1S/C9H12F2O6/c1-3-14-7(12)5-6(8(13)15-4-2)17-9(10,11)16-5/h5-6H,3-4H2,1-2H3. The Labute approximate surface area is 95.8 Å². The molecule has 0 aromatic rings. The quantitative estimate of drug-likeness (QED) is 0.678. The van der Waals surface area contributed by atoms with Gasteiger partial charge in [-0.15, -0.1) is 8.78 Å². The lowest BCUT2D eigenvalue weighted by Crippen LogP contribution is -2.39. The van der Waals surface area contributed by atoms with Crippen LogP contribution in [0.5, 0.6) is 0 Å². The third-order valence-electron chi connectivity index (χ3n) is 1.84. The van der Waals surface area contributed by atoms with Crippen LogP contribution in [0.25, 0.3) is 0 Å². The molecule has 1 heterocycles. The number of ether oxygens (including phenoxy) is 4. The molecule has 98 valence electrons. The Balaban J connectivity index is 2.77. The van der Waals surface area contributed by atoms with Crippen molar-refractivity contribution in [1.82, 2.24) is 0 Å². The van der Waals surface area contributed by atoms with E-state index in [0.29, 0.717) is 0 Å². The molecule has 0 bridgehead atoms. The topological polar surface area (TPSA) is 71.1 Å². The Hall–Kier alpha value is -1.28. The van der Waals surface area contributed by atoms with Gasteiger partial charge in [0.2, 0.25) is 12.2 Å². The van der Waals surface area contributed by atoms with E-state index < -0.39 is 30.4 Å². The van der Waals surface area contributed by atoms with Crippen LogP contribution in [0.3, 0.4) is 0 Å². The van der Waals surface area contributed by atoms with E-state index in [2.05, 4.69) is 18.9 Å². The van der Waals surface area contributed by atoms with E-state index in [9.17, 15) is 18.4 Å². The van der Waals surface area contributed by atoms with E-state index in [-0.39, 0.29) is 13.2 Å². The molecule has 0 aliphatic carbocycles. The van der Waals surface area contributed by atoms with Gasteiger partial charge < -0.3 is 9.47 Å². The van der Waals surface area contributed by atoms with Crippen molar-refractivity contribution in [2.45, 2.75) is 32.4 Å². The molecule has 8 heteroatoms. The lowest BCUT2D eigenvalue weighted by molar-refractivity contribution is -0.349. The van der Waals surface area contributed by atoms with Crippen LogP contribution in [0.4, 0.5) is 8.78 Å². The molecule has 6 nitrogen and oxygen atoms in total. The second kappa shape index (κ2) is 5.37. The second-order valence-electron chi connectivity index (χ2n) is 3.04. The molecule has 2 atom stereocenters. The Morgan fingerprint density at radius 2 is 1.41 bits per heavy atom. The molecular formula is C9H12F2O6. The molecule has 1 fully saturated rings. The average Bonchev–Trinajstić information content (AvgIpc) is 2.55. The summed E-state index contributed by atoms with van der Waals surface area (Å²) in [7, 11) is 0. The van der Waals surface area contributed by atoms with Crippen molar-refractivity contribution >= 4 is 11.9 Å².